The van der Waals surface area contributed by atoms with Gasteiger partial charge in [0.05, 0.1) is 6.04 Å². The van der Waals surface area contributed by atoms with Crippen LogP contribution in [0.3, 0.4) is 0 Å². The average molecular weight is 321 g/mol. The number of rotatable bonds is 5. The van der Waals surface area contributed by atoms with Crippen LogP contribution in [0.15, 0.2) is 12.3 Å². The Morgan fingerprint density at radius 1 is 1.48 bits per heavy atom. The van der Waals surface area contributed by atoms with E-state index in [0.29, 0.717) is 0 Å². The Balaban J connectivity index is 1.74. The van der Waals surface area contributed by atoms with Crippen molar-refractivity contribution < 1.29 is 18.0 Å². The predicted molar refractivity (Wildman–Crippen MR) is 72.8 cm³/mol. The van der Waals surface area contributed by atoms with Crippen LogP contribution in [0.25, 0.3) is 0 Å². The van der Waals surface area contributed by atoms with Crippen LogP contribution in [0, 0.1) is 0 Å². The number of halogens is 3. The monoisotopic (exact) mass is 321 g/mol. The van der Waals surface area contributed by atoms with Gasteiger partial charge in [0, 0.05) is 30.9 Å². The van der Waals surface area contributed by atoms with Gasteiger partial charge in [0.1, 0.15) is 5.69 Å². The highest BCUT2D eigenvalue weighted by Gasteiger charge is 2.32. The Morgan fingerprint density at radius 3 is 2.95 bits per heavy atom. The van der Waals surface area contributed by atoms with E-state index < -0.39 is 11.9 Å². The summed E-state index contributed by atoms with van der Waals surface area (Å²) in [6.45, 7) is 0.522. The second-order valence-corrected chi connectivity index (χ2v) is 5.28. The number of nitrogens with one attached hydrogen (secondary N) is 3. The van der Waals surface area contributed by atoms with E-state index in [1.165, 1.54) is 0 Å². The molecule has 1 fully saturated rings. The Hall–Kier alpha value is -1.55. The summed E-state index contributed by atoms with van der Waals surface area (Å²) in [5.41, 5.74) is -1.00. The normalized spacial score (nSPS) is 18.5. The number of hydrogen-bond donors (Lipinski definition) is 3. The fourth-order valence-electron chi connectivity index (χ4n) is 1.65. The molecule has 6 nitrogen and oxygen atoms in total. The Kier molecular flexibility index (Phi) is 5.23. The molecule has 2 rings (SSSR count). The van der Waals surface area contributed by atoms with Gasteiger partial charge < -0.3 is 10.6 Å². The van der Waals surface area contributed by atoms with E-state index in [1.807, 2.05) is 0 Å². The molecular formula is C11H14F3N5OS. The Morgan fingerprint density at radius 2 is 2.29 bits per heavy atom. The van der Waals surface area contributed by atoms with Crippen molar-refractivity contribution in [3.8, 4) is 0 Å². The van der Waals surface area contributed by atoms with Gasteiger partial charge in [-0.05, 0) is 6.07 Å². The highest BCUT2D eigenvalue weighted by Crippen LogP contribution is 2.27. The van der Waals surface area contributed by atoms with Gasteiger partial charge in [-0.2, -0.15) is 13.2 Å². The standard InChI is InChI=1S/C11H14F3N5OS/c12-11(13,14)8-1-2-16-10(19-8)17-4-3-15-9(20)7-5-21-6-18-7/h1-2,7,18H,3-6H2,(H,15,20)(H,16,17,19). The molecule has 1 aromatic rings. The molecule has 1 aliphatic rings. The maximum atomic E-state index is 12.5. The third-order valence-electron chi connectivity index (χ3n) is 2.69. The predicted octanol–water partition coefficient (Wildman–Crippen LogP) is 0.686. The van der Waals surface area contributed by atoms with Gasteiger partial charge in [0.25, 0.3) is 0 Å². The van der Waals surface area contributed by atoms with E-state index in [0.717, 1.165) is 23.9 Å². The van der Waals surface area contributed by atoms with Crippen LogP contribution >= 0.6 is 11.8 Å². The molecule has 10 heteroatoms. The lowest BCUT2D eigenvalue weighted by Crippen LogP contribution is -2.43. The Labute approximate surface area is 123 Å². The lowest BCUT2D eigenvalue weighted by molar-refractivity contribution is -0.141. The summed E-state index contributed by atoms with van der Waals surface area (Å²) in [7, 11) is 0. The van der Waals surface area contributed by atoms with Crippen LogP contribution < -0.4 is 16.0 Å². The van der Waals surface area contributed by atoms with Gasteiger partial charge in [-0.15, -0.1) is 11.8 Å². The molecule has 1 saturated heterocycles. The minimum Gasteiger partial charge on any atom is -0.353 e. The second-order valence-electron chi connectivity index (χ2n) is 4.25. The van der Waals surface area contributed by atoms with Gasteiger partial charge in [0.2, 0.25) is 11.9 Å². The summed E-state index contributed by atoms with van der Waals surface area (Å²) in [5.74, 6) is 1.23. The number of thioether (sulfide) groups is 1. The van der Waals surface area contributed by atoms with E-state index in [4.69, 9.17) is 0 Å². The zero-order valence-corrected chi connectivity index (χ0v) is 11.7. The largest absolute Gasteiger partial charge is 0.433 e. The fourth-order valence-corrected chi connectivity index (χ4v) is 2.59. The van der Waals surface area contributed by atoms with Crippen molar-refractivity contribution in [1.29, 1.82) is 0 Å². The highest BCUT2D eigenvalue weighted by atomic mass is 32.2. The van der Waals surface area contributed by atoms with E-state index in [9.17, 15) is 18.0 Å². The maximum absolute atomic E-state index is 12.5. The van der Waals surface area contributed by atoms with Gasteiger partial charge in [-0.3, -0.25) is 10.1 Å². The first-order chi connectivity index (χ1) is 9.97. The fraction of sp³-hybridized carbons (Fsp3) is 0.545. The quantitative estimate of drug-likeness (QED) is 0.693. The van der Waals surface area contributed by atoms with Gasteiger partial charge in [-0.1, -0.05) is 0 Å². The van der Waals surface area contributed by atoms with E-state index in [-0.39, 0.29) is 31.0 Å². The van der Waals surface area contributed by atoms with Crippen LogP contribution in [0.1, 0.15) is 5.69 Å². The summed E-state index contributed by atoms with van der Waals surface area (Å²) in [6.07, 6.45) is -3.46. The third-order valence-corrected chi connectivity index (χ3v) is 3.63. The molecule has 0 saturated carbocycles. The maximum Gasteiger partial charge on any atom is 0.433 e. The third kappa shape index (κ3) is 4.74. The SMILES string of the molecule is O=C(NCCNc1nccc(C(F)(F)F)n1)C1CSCN1. The zero-order valence-electron chi connectivity index (χ0n) is 10.9. The van der Waals surface area contributed by atoms with Gasteiger partial charge >= 0.3 is 6.18 Å². The topological polar surface area (TPSA) is 78.9 Å². The van der Waals surface area contributed by atoms with Crippen LogP contribution in [0.4, 0.5) is 19.1 Å². The molecule has 0 spiro atoms. The summed E-state index contributed by atoms with van der Waals surface area (Å²) in [5, 5.41) is 8.35. The molecule has 1 amide bonds. The number of nitrogens with zero attached hydrogens (tertiary/aromatic N) is 2. The minimum atomic E-state index is -4.50. The molecular weight excluding hydrogens is 307 g/mol. The summed E-state index contributed by atoms with van der Waals surface area (Å²) in [4.78, 5) is 18.7. The smallest absolute Gasteiger partial charge is 0.353 e. The van der Waals surface area contributed by atoms with Gasteiger partial charge in [-0.25, -0.2) is 9.97 Å². The summed E-state index contributed by atoms with van der Waals surface area (Å²) in [6, 6.07) is 0.593. The molecule has 1 aromatic heterocycles. The summed E-state index contributed by atoms with van der Waals surface area (Å²) >= 11 is 1.64. The average Bonchev–Trinajstić information content (AvgIpc) is 2.97. The lowest BCUT2D eigenvalue weighted by atomic mass is 10.3. The van der Waals surface area contributed by atoms with Crippen molar-refractivity contribution in [3.05, 3.63) is 18.0 Å². The van der Waals surface area contributed by atoms with Gasteiger partial charge in [0.15, 0.2) is 0 Å². The first-order valence-corrected chi connectivity index (χ1v) is 7.35. The lowest BCUT2D eigenvalue weighted by Gasteiger charge is -2.11. The number of anilines is 1. The molecule has 3 N–H and O–H groups in total. The van der Waals surface area contributed by atoms with Crippen molar-refractivity contribution in [2.24, 2.45) is 0 Å². The van der Waals surface area contributed by atoms with Crippen molar-refractivity contribution in [3.63, 3.8) is 0 Å². The number of hydrogen-bond acceptors (Lipinski definition) is 6. The number of aromatic nitrogens is 2. The molecule has 1 atom stereocenters. The molecule has 1 unspecified atom stereocenters. The van der Waals surface area contributed by atoms with E-state index >= 15 is 0 Å². The van der Waals surface area contributed by atoms with E-state index in [2.05, 4.69) is 25.9 Å². The minimum absolute atomic E-state index is 0.117. The summed E-state index contributed by atoms with van der Waals surface area (Å²) < 4.78 is 37.4. The number of alkyl halides is 3. The van der Waals surface area contributed by atoms with Crippen LogP contribution in [0.5, 0.6) is 0 Å². The van der Waals surface area contributed by atoms with Crippen LogP contribution in [-0.4, -0.2) is 46.6 Å². The zero-order chi connectivity index (χ0) is 15.3. The molecule has 0 aliphatic carbocycles. The molecule has 0 aromatic carbocycles. The van der Waals surface area contributed by atoms with Crippen molar-refractivity contribution in [1.82, 2.24) is 20.6 Å². The van der Waals surface area contributed by atoms with Crippen molar-refractivity contribution in [2.45, 2.75) is 12.2 Å². The molecule has 2 heterocycles. The molecule has 116 valence electrons. The van der Waals surface area contributed by atoms with E-state index in [1.54, 1.807) is 11.8 Å². The van der Waals surface area contributed by atoms with Crippen LogP contribution in [-0.2, 0) is 11.0 Å². The first-order valence-electron chi connectivity index (χ1n) is 6.20. The molecule has 0 bridgehead atoms. The number of carbonyl (C=O) groups is 1. The second kappa shape index (κ2) is 6.94. The first kappa shape index (κ1) is 15.8. The van der Waals surface area contributed by atoms with Crippen molar-refractivity contribution >= 4 is 23.6 Å². The highest BCUT2D eigenvalue weighted by molar-refractivity contribution is 7.99. The molecule has 21 heavy (non-hydrogen) atoms. The molecule has 0 radical (unpaired) electrons. The Bertz CT molecular complexity index is 493. The number of carbonyl (C=O) groups excluding carboxylic acids is 1. The number of amides is 1. The van der Waals surface area contributed by atoms with Crippen LogP contribution in [0.2, 0.25) is 0 Å². The molecule has 1 aliphatic heterocycles. The van der Waals surface area contributed by atoms with Crippen molar-refractivity contribution in [2.75, 3.05) is 30.0 Å².